The molecule has 0 spiro atoms. The van der Waals surface area contributed by atoms with Crippen LogP contribution in [0.3, 0.4) is 0 Å². The highest BCUT2D eigenvalue weighted by Crippen LogP contribution is 2.11. The molecule has 3 aromatic rings. The minimum atomic E-state index is -0.413. The standard InChI is InChI=1S/C18H15N3O4S/c1-25-17(24)11-4-2-10(3-5-11)9-19-15(22)12-6-7-13-14(8-12)20-18(26)21-16(13)23/h2-8H,9H2,1H3,(H,19,22)(H2,20,21,23,26). The Morgan fingerprint density at radius 3 is 2.46 bits per heavy atom. The van der Waals surface area contributed by atoms with Gasteiger partial charge in [-0.2, -0.15) is 0 Å². The lowest BCUT2D eigenvalue weighted by Gasteiger charge is -2.07. The molecule has 7 nitrogen and oxygen atoms in total. The number of hydrogen-bond donors (Lipinski definition) is 3. The Hall–Kier alpha value is -3.26. The molecule has 132 valence electrons. The molecule has 3 rings (SSSR count). The summed E-state index contributed by atoms with van der Waals surface area (Å²) < 4.78 is 4.84. The number of carbonyl (C=O) groups is 2. The molecule has 0 radical (unpaired) electrons. The van der Waals surface area contributed by atoms with Gasteiger partial charge in [-0.3, -0.25) is 14.6 Å². The average molecular weight is 369 g/mol. The molecule has 0 aliphatic heterocycles. The minimum Gasteiger partial charge on any atom is -0.465 e. The molecule has 0 aliphatic carbocycles. The summed E-state index contributed by atoms with van der Waals surface area (Å²) in [6, 6.07) is 11.5. The zero-order valence-corrected chi connectivity index (χ0v) is 14.6. The number of nitrogens with one attached hydrogen (secondary N) is 3. The van der Waals surface area contributed by atoms with Crippen molar-refractivity contribution in [3.8, 4) is 0 Å². The zero-order chi connectivity index (χ0) is 18.7. The van der Waals surface area contributed by atoms with Crippen LogP contribution in [0, 0.1) is 4.77 Å². The molecule has 2 aromatic carbocycles. The van der Waals surface area contributed by atoms with Gasteiger partial charge >= 0.3 is 5.97 Å². The normalized spacial score (nSPS) is 10.5. The largest absolute Gasteiger partial charge is 0.465 e. The molecule has 0 unspecified atom stereocenters. The van der Waals surface area contributed by atoms with Crippen molar-refractivity contribution in [3.05, 3.63) is 74.3 Å². The molecule has 1 heterocycles. The Labute approximate surface area is 153 Å². The second kappa shape index (κ2) is 7.32. The number of ether oxygens (including phenoxy) is 1. The first kappa shape index (κ1) is 17.6. The van der Waals surface area contributed by atoms with E-state index < -0.39 is 5.97 Å². The topological polar surface area (TPSA) is 104 Å². The molecule has 8 heteroatoms. The molecule has 0 saturated heterocycles. The summed E-state index contributed by atoms with van der Waals surface area (Å²) >= 11 is 4.94. The lowest BCUT2D eigenvalue weighted by Crippen LogP contribution is -2.23. The Morgan fingerprint density at radius 2 is 1.77 bits per heavy atom. The first-order valence-electron chi connectivity index (χ1n) is 7.70. The van der Waals surface area contributed by atoms with Crippen molar-refractivity contribution in [1.82, 2.24) is 15.3 Å². The summed E-state index contributed by atoms with van der Waals surface area (Å²) in [5, 5.41) is 3.22. The van der Waals surface area contributed by atoms with Gasteiger partial charge in [0, 0.05) is 12.1 Å². The molecule has 0 atom stereocenters. The number of methoxy groups -OCH3 is 1. The van der Waals surface area contributed by atoms with E-state index in [1.165, 1.54) is 7.11 Å². The van der Waals surface area contributed by atoms with Crippen molar-refractivity contribution in [2.24, 2.45) is 0 Å². The SMILES string of the molecule is COC(=O)c1ccc(CNC(=O)c2ccc3c(=O)[nH]c(=S)[nH]c3c2)cc1. The van der Waals surface area contributed by atoms with E-state index in [9.17, 15) is 14.4 Å². The van der Waals surface area contributed by atoms with Crippen LogP contribution in [0.4, 0.5) is 0 Å². The highest BCUT2D eigenvalue weighted by molar-refractivity contribution is 7.71. The van der Waals surface area contributed by atoms with Gasteiger partial charge in [0.25, 0.3) is 11.5 Å². The lowest BCUT2D eigenvalue weighted by atomic mass is 10.1. The maximum absolute atomic E-state index is 12.3. The smallest absolute Gasteiger partial charge is 0.337 e. The fourth-order valence-corrected chi connectivity index (χ4v) is 2.67. The molecule has 1 amide bonds. The monoisotopic (exact) mass is 369 g/mol. The van der Waals surface area contributed by atoms with Crippen molar-refractivity contribution in [1.29, 1.82) is 0 Å². The molecule has 0 bridgehead atoms. The van der Waals surface area contributed by atoms with Gasteiger partial charge in [0.1, 0.15) is 0 Å². The third kappa shape index (κ3) is 3.70. The van der Waals surface area contributed by atoms with Crippen molar-refractivity contribution >= 4 is 35.0 Å². The molecule has 0 fully saturated rings. The van der Waals surface area contributed by atoms with Crippen LogP contribution >= 0.6 is 12.2 Å². The second-order valence-corrected chi connectivity index (χ2v) is 5.95. The van der Waals surface area contributed by atoms with Gasteiger partial charge in [-0.25, -0.2) is 4.79 Å². The van der Waals surface area contributed by atoms with E-state index in [0.717, 1.165) is 5.56 Å². The van der Waals surface area contributed by atoms with E-state index in [-0.39, 0.29) is 16.2 Å². The van der Waals surface area contributed by atoms with Crippen LogP contribution in [0.2, 0.25) is 0 Å². The van der Waals surface area contributed by atoms with Crippen molar-refractivity contribution in [2.75, 3.05) is 7.11 Å². The number of H-pyrrole nitrogens is 2. The van der Waals surface area contributed by atoms with Crippen molar-refractivity contribution in [3.63, 3.8) is 0 Å². The van der Waals surface area contributed by atoms with Gasteiger partial charge < -0.3 is 15.0 Å². The number of benzene rings is 2. The van der Waals surface area contributed by atoms with Crippen LogP contribution in [0.25, 0.3) is 10.9 Å². The molecular formula is C18H15N3O4S. The van der Waals surface area contributed by atoms with E-state index in [2.05, 4.69) is 20.0 Å². The van der Waals surface area contributed by atoms with E-state index in [1.807, 2.05) is 0 Å². The van der Waals surface area contributed by atoms with Gasteiger partial charge in [-0.05, 0) is 48.1 Å². The van der Waals surface area contributed by atoms with Crippen LogP contribution in [-0.2, 0) is 11.3 Å². The number of hydrogen-bond acceptors (Lipinski definition) is 5. The van der Waals surface area contributed by atoms with E-state index in [0.29, 0.717) is 28.6 Å². The fourth-order valence-electron chi connectivity index (χ4n) is 2.47. The van der Waals surface area contributed by atoms with Crippen LogP contribution in [0.5, 0.6) is 0 Å². The van der Waals surface area contributed by atoms with Crippen LogP contribution in [0.15, 0.2) is 47.3 Å². The number of aromatic amines is 2. The van der Waals surface area contributed by atoms with Gasteiger partial charge in [-0.1, -0.05) is 12.1 Å². The maximum Gasteiger partial charge on any atom is 0.337 e. The quantitative estimate of drug-likeness (QED) is 0.484. The van der Waals surface area contributed by atoms with E-state index in [4.69, 9.17) is 12.2 Å². The summed E-state index contributed by atoms with van der Waals surface area (Å²) in [5.41, 5.74) is 1.87. The number of carbonyl (C=O) groups excluding carboxylic acids is 2. The number of rotatable bonds is 4. The second-order valence-electron chi connectivity index (χ2n) is 5.54. The van der Waals surface area contributed by atoms with Crippen molar-refractivity contribution in [2.45, 2.75) is 6.54 Å². The Kier molecular flexibility index (Phi) is 4.94. The number of amides is 1. The summed E-state index contributed by atoms with van der Waals surface area (Å²) in [6.45, 7) is 0.295. The number of fused-ring (bicyclic) bond motifs is 1. The van der Waals surface area contributed by atoms with Gasteiger partial charge in [0.2, 0.25) is 0 Å². The Bertz CT molecular complexity index is 1100. The number of esters is 1. The van der Waals surface area contributed by atoms with Crippen LogP contribution in [0.1, 0.15) is 26.3 Å². The highest BCUT2D eigenvalue weighted by atomic mass is 32.1. The summed E-state index contributed by atoms with van der Waals surface area (Å²) in [5.74, 6) is -0.701. The Morgan fingerprint density at radius 1 is 1.08 bits per heavy atom. The Balaban J connectivity index is 1.74. The molecular weight excluding hydrogens is 354 g/mol. The predicted octanol–water partition coefficient (Wildman–Crippen LogP) is 2.30. The molecule has 0 aliphatic rings. The highest BCUT2D eigenvalue weighted by Gasteiger charge is 2.09. The lowest BCUT2D eigenvalue weighted by molar-refractivity contribution is 0.0600. The van der Waals surface area contributed by atoms with Gasteiger partial charge in [0.15, 0.2) is 4.77 Å². The summed E-state index contributed by atoms with van der Waals surface area (Å²) in [4.78, 5) is 40.9. The molecule has 3 N–H and O–H groups in total. The van der Waals surface area contributed by atoms with Crippen LogP contribution < -0.4 is 10.9 Å². The third-order valence-electron chi connectivity index (χ3n) is 3.83. The van der Waals surface area contributed by atoms with Crippen LogP contribution in [-0.4, -0.2) is 29.0 Å². The van der Waals surface area contributed by atoms with Crippen molar-refractivity contribution < 1.29 is 14.3 Å². The predicted molar refractivity (Wildman–Crippen MR) is 98.7 cm³/mol. The van der Waals surface area contributed by atoms with Gasteiger partial charge in [0.05, 0.1) is 23.6 Å². The third-order valence-corrected chi connectivity index (χ3v) is 4.03. The minimum absolute atomic E-state index is 0.200. The molecule has 0 saturated carbocycles. The molecule has 26 heavy (non-hydrogen) atoms. The first-order chi connectivity index (χ1) is 12.5. The average Bonchev–Trinajstić information content (AvgIpc) is 2.65. The maximum atomic E-state index is 12.3. The summed E-state index contributed by atoms with van der Waals surface area (Å²) in [6.07, 6.45) is 0. The molecule has 1 aromatic heterocycles. The fraction of sp³-hybridized carbons (Fsp3) is 0.111. The van der Waals surface area contributed by atoms with E-state index in [1.54, 1.807) is 42.5 Å². The van der Waals surface area contributed by atoms with E-state index >= 15 is 0 Å². The number of aromatic nitrogens is 2. The first-order valence-corrected chi connectivity index (χ1v) is 8.10. The summed E-state index contributed by atoms with van der Waals surface area (Å²) in [7, 11) is 1.32. The zero-order valence-electron chi connectivity index (χ0n) is 13.8. The van der Waals surface area contributed by atoms with Gasteiger partial charge in [-0.15, -0.1) is 0 Å².